The summed E-state index contributed by atoms with van der Waals surface area (Å²) in [5.41, 5.74) is 7.22. The van der Waals surface area contributed by atoms with Gasteiger partial charge in [0, 0.05) is 25.9 Å². The highest BCUT2D eigenvalue weighted by Crippen LogP contribution is 2.48. The maximum absolute atomic E-state index is 12.2. The SMILES string of the molecule is COCCC1(CNS(=O)(=O)c2ccc(C)c(N)c2)CC1. The summed E-state index contributed by atoms with van der Waals surface area (Å²) in [6, 6.07) is 4.82. The first-order valence-corrected chi connectivity index (χ1v) is 8.22. The number of hydrogen-bond donors (Lipinski definition) is 2. The molecule has 1 fully saturated rings. The smallest absolute Gasteiger partial charge is 0.240 e. The topological polar surface area (TPSA) is 81.4 Å². The third-order valence-corrected chi connectivity index (χ3v) is 5.39. The molecule has 0 atom stereocenters. The van der Waals surface area contributed by atoms with Crippen molar-refractivity contribution in [1.82, 2.24) is 4.72 Å². The molecule has 1 aliphatic rings. The van der Waals surface area contributed by atoms with Crippen molar-refractivity contribution in [3.63, 3.8) is 0 Å². The van der Waals surface area contributed by atoms with Gasteiger partial charge in [0.1, 0.15) is 0 Å². The van der Waals surface area contributed by atoms with E-state index >= 15 is 0 Å². The van der Waals surface area contributed by atoms with Crippen LogP contribution in [0.3, 0.4) is 0 Å². The van der Waals surface area contributed by atoms with Gasteiger partial charge in [-0.3, -0.25) is 0 Å². The lowest BCUT2D eigenvalue weighted by atomic mass is 10.0. The molecule has 0 spiro atoms. The van der Waals surface area contributed by atoms with Gasteiger partial charge in [0.25, 0.3) is 0 Å². The second-order valence-electron chi connectivity index (χ2n) is 5.59. The molecule has 1 aromatic rings. The molecule has 112 valence electrons. The molecule has 0 amide bonds. The summed E-state index contributed by atoms with van der Waals surface area (Å²) in [7, 11) is -1.83. The van der Waals surface area contributed by atoms with Crippen molar-refractivity contribution >= 4 is 15.7 Å². The van der Waals surface area contributed by atoms with Crippen molar-refractivity contribution in [2.24, 2.45) is 5.41 Å². The highest BCUT2D eigenvalue weighted by atomic mass is 32.2. The largest absolute Gasteiger partial charge is 0.398 e. The number of nitrogens with one attached hydrogen (secondary N) is 1. The van der Waals surface area contributed by atoms with E-state index in [0.717, 1.165) is 24.8 Å². The standard InChI is InChI=1S/C14H22N2O3S/c1-11-3-4-12(9-13(11)15)20(17,18)16-10-14(5-6-14)7-8-19-2/h3-4,9,16H,5-8,10,15H2,1-2H3. The Morgan fingerprint density at radius 3 is 2.65 bits per heavy atom. The number of hydrogen-bond acceptors (Lipinski definition) is 4. The molecule has 1 aromatic carbocycles. The minimum absolute atomic E-state index is 0.0827. The number of ether oxygens (including phenoxy) is 1. The van der Waals surface area contributed by atoms with Gasteiger partial charge in [-0.25, -0.2) is 13.1 Å². The highest BCUT2D eigenvalue weighted by molar-refractivity contribution is 7.89. The Morgan fingerprint density at radius 2 is 2.10 bits per heavy atom. The average Bonchev–Trinajstić information content (AvgIpc) is 3.18. The van der Waals surface area contributed by atoms with Crippen LogP contribution in [-0.2, 0) is 14.8 Å². The number of aryl methyl sites for hydroxylation is 1. The van der Waals surface area contributed by atoms with Crippen LogP contribution in [0.5, 0.6) is 0 Å². The summed E-state index contributed by atoms with van der Waals surface area (Å²) < 4.78 is 32.3. The predicted octanol–water partition coefficient (Wildman–Crippen LogP) is 1.67. The molecule has 0 aromatic heterocycles. The van der Waals surface area contributed by atoms with Crippen molar-refractivity contribution in [3.05, 3.63) is 23.8 Å². The number of anilines is 1. The molecule has 0 heterocycles. The van der Waals surface area contributed by atoms with Crippen molar-refractivity contribution in [1.29, 1.82) is 0 Å². The fraction of sp³-hybridized carbons (Fsp3) is 0.571. The Kier molecular flexibility index (Phi) is 4.36. The third kappa shape index (κ3) is 3.50. The molecule has 2 rings (SSSR count). The maximum Gasteiger partial charge on any atom is 0.240 e. The van der Waals surface area contributed by atoms with Crippen molar-refractivity contribution in [3.8, 4) is 0 Å². The van der Waals surface area contributed by atoms with E-state index < -0.39 is 10.0 Å². The van der Waals surface area contributed by atoms with Crippen molar-refractivity contribution < 1.29 is 13.2 Å². The fourth-order valence-electron chi connectivity index (χ4n) is 2.13. The first-order chi connectivity index (χ1) is 9.38. The summed E-state index contributed by atoms with van der Waals surface area (Å²) in [5, 5.41) is 0. The molecule has 0 unspecified atom stereocenters. The molecule has 0 radical (unpaired) electrons. The highest BCUT2D eigenvalue weighted by Gasteiger charge is 2.42. The van der Waals surface area contributed by atoms with Gasteiger partial charge in [-0.1, -0.05) is 6.07 Å². The average molecular weight is 298 g/mol. The molecule has 20 heavy (non-hydrogen) atoms. The Bertz CT molecular complexity index is 580. The Morgan fingerprint density at radius 1 is 1.40 bits per heavy atom. The van der Waals surface area contributed by atoms with Crippen LogP contribution < -0.4 is 10.5 Å². The minimum Gasteiger partial charge on any atom is -0.398 e. The monoisotopic (exact) mass is 298 g/mol. The molecule has 0 saturated heterocycles. The second kappa shape index (κ2) is 5.71. The number of benzene rings is 1. The van der Waals surface area contributed by atoms with Gasteiger partial charge in [-0.2, -0.15) is 0 Å². The first kappa shape index (κ1) is 15.3. The van der Waals surface area contributed by atoms with E-state index in [1.807, 2.05) is 6.92 Å². The van der Waals surface area contributed by atoms with Crippen LogP contribution in [0.2, 0.25) is 0 Å². The van der Waals surface area contributed by atoms with Crippen LogP contribution in [0.15, 0.2) is 23.1 Å². The van der Waals surface area contributed by atoms with E-state index in [1.54, 1.807) is 19.2 Å². The Balaban J connectivity index is 2.02. The number of rotatable bonds is 7. The zero-order chi connectivity index (χ0) is 14.8. The maximum atomic E-state index is 12.2. The van der Waals surface area contributed by atoms with E-state index in [2.05, 4.69) is 4.72 Å². The van der Waals surface area contributed by atoms with Gasteiger partial charge in [-0.15, -0.1) is 0 Å². The first-order valence-electron chi connectivity index (χ1n) is 6.73. The zero-order valence-corrected chi connectivity index (χ0v) is 12.8. The summed E-state index contributed by atoms with van der Waals surface area (Å²) in [4.78, 5) is 0.225. The summed E-state index contributed by atoms with van der Waals surface area (Å²) >= 11 is 0. The van der Waals surface area contributed by atoms with Gasteiger partial charge in [0.05, 0.1) is 4.90 Å². The van der Waals surface area contributed by atoms with Crippen LogP contribution in [0.1, 0.15) is 24.8 Å². The summed E-state index contributed by atoms with van der Waals surface area (Å²) in [6.07, 6.45) is 2.99. The molecule has 6 heteroatoms. The van der Waals surface area contributed by atoms with E-state index in [4.69, 9.17) is 10.5 Å². The van der Waals surface area contributed by atoms with Crippen molar-refractivity contribution in [2.75, 3.05) is 26.0 Å². The van der Waals surface area contributed by atoms with E-state index in [9.17, 15) is 8.42 Å². The molecule has 3 N–H and O–H groups in total. The van der Waals surface area contributed by atoms with Gasteiger partial charge < -0.3 is 10.5 Å². The number of methoxy groups -OCH3 is 1. The number of sulfonamides is 1. The van der Waals surface area contributed by atoms with E-state index in [-0.39, 0.29) is 10.3 Å². The zero-order valence-electron chi connectivity index (χ0n) is 12.0. The van der Waals surface area contributed by atoms with Crippen molar-refractivity contribution in [2.45, 2.75) is 31.1 Å². The molecule has 5 nitrogen and oxygen atoms in total. The lowest BCUT2D eigenvalue weighted by molar-refractivity contribution is 0.173. The van der Waals surface area contributed by atoms with Crippen LogP contribution in [-0.4, -0.2) is 28.7 Å². The van der Waals surface area contributed by atoms with Crippen LogP contribution in [0, 0.1) is 12.3 Å². The van der Waals surface area contributed by atoms with Crippen LogP contribution >= 0.6 is 0 Å². The van der Waals surface area contributed by atoms with Gasteiger partial charge in [0.2, 0.25) is 10.0 Å². The molecular weight excluding hydrogens is 276 g/mol. The predicted molar refractivity (Wildman–Crippen MR) is 78.9 cm³/mol. The van der Waals surface area contributed by atoms with Gasteiger partial charge in [-0.05, 0) is 49.3 Å². The van der Waals surface area contributed by atoms with Gasteiger partial charge in [0.15, 0.2) is 0 Å². The molecule has 0 aliphatic heterocycles. The summed E-state index contributed by atoms with van der Waals surface area (Å²) in [5.74, 6) is 0. The van der Waals surface area contributed by atoms with Crippen LogP contribution in [0.25, 0.3) is 0 Å². The lowest BCUT2D eigenvalue weighted by Gasteiger charge is -2.16. The second-order valence-corrected chi connectivity index (χ2v) is 7.35. The quantitative estimate of drug-likeness (QED) is 0.750. The third-order valence-electron chi connectivity index (χ3n) is 3.99. The molecular formula is C14H22N2O3S. The fourth-order valence-corrected chi connectivity index (χ4v) is 3.32. The molecule has 0 bridgehead atoms. The summed E-state index contributed by atoms with van der Waals surface area (Å²) in [6.45, 7) is 2.98. The van der Waals surface area contributed by atoms with E-state index in [1.165, 1.54) is 6.07 Å². The minimum atomic E-state index is -3.49. The lowest BCUT2D eigenvalue weighted by Crippen LogP contribution is -2.31. The van der Waals surface area contributed by atoms with E-state index in [0.29, 0.717) is 18.8 Å². The van der Waals surface area contributed by atoms with Gasteiger partial charge >= 0.3 is 0 Å². The van der Waals surface area contributed by atoms with Crippen LogP contribution in [0.4, 0.5) is 5.69 Å². The Hall–Kier alpha value is -1.11. The number of nitrogen functional groups attached to an aromatic ring is 1. The molecule has 1 aliphatic carbocycles. The normalized spacial score (nSPS) is 17.1. The molecule has 1 saturated carbocycles. The Labute approximate surface area is 120 Å². The number of nitrogens with two attached hydrogens (primary N) is 1.